The van der Waals surface area contributed by atoms with Crippen molar-refractivity contribution in [3.63, 3.8) is 0 Å². The third kappa shape index (κ3) is 3.88. The highest BCUT2D eigenvalue weighted by molar-refractivity contribution is 5.84. The maximum atomic E-state index is 12.5. The number of aromatic nitrogens is 3. The highest BCUT2D eigenvalue weighted by Crippen LogP contribution is 2.30. The number of hydrogen-bond acceptors (Lipinski definition) is 3. The Morgan fingerprint density at radius 2 is 1.84 bits per heavy atom. The van der Waals surface area contributed by atoms with Gasteiger partial charge in [-0.15, -0.1) is 0 Å². The summed E-state index contributed by atoms with van der Waals surface area (Å²) in [4.78, 5) is 20.5. The molecule has 2 N–H and O–H groups in total. The number of aryl methyl sites for hydroxylation is 1. The molecule has 2 aromatic carbocycles. The number of para-hydroxylation sites is 1. The molecule has 0 aliphatic rings. The topological polar surface area (TPSA) is 62.2 Å². The second-order valence-electron chi connectivity index (χ2n) is 7.90. The Hall–Kier alpha value is -3.70. The van der Waals surface area contributed by atoms with E-state index in [2.05, 4.69) is 63.9 Å². The Kier molecular flexibility index (Phi) is 5.10. The molecule has 0 radical (unpaired) electrons. The summed E-state index contributed by atoms with van der Waals surface area (Å²) in [5.74, 6) is 0.182. The molecule has 0 spiro atoms. The molecule has 1 atom stereocenters. The van der Waals surface area contributed by atoms with Crippen LogP contribution in [0, 0.1) is 6.92 Å². The average Bonchev–Trinajstić information content (AvgIpc) is 3.22. The van der Waals surface area contributed by atoms with Crippen molar-refractivity contribution < 1.29 is 0 Å². The lowest BCUT2D eigenvalue weighted by atomic mass is 9.91. The zero-order chi connectivity index (χ0) is 21.2. The molecule has 3 heterocycles. The molecule has 0 bridgehead atoms. The van der Waals surface area contributed by atoms with Crippen molar-refractivity contribution in [1.82, 2.24) is 19.7 Å². The number of aromatic amines is 1. The molecule has 0 aliphatic carbocycles. The van der Waals surface area contributed by atoms with Crippen molar-refractivity contribution >= 4 is 16.6 Å². The van der Waals surface area contributed by atoms with Crippen LogP contribution in [-0.4, -0.2) is 20.9 Å². The van der Waals surface area contributed by atoms with Crippen LogP contribution in [0.5, 0.6) is 0 Å². The second-order valence-corrected chi connectivity index (χ2v) is 7.90. The van der Waals surface area contributed by atoms with Gasteiger partial charge in [-0.3, -0.25) is 9.20 Å². The van der Waals surface area contributed by atoms with E-state index in [0.717, 1.165) is 23.3 Å². The molecular weight excluding hydrogens is 384 g/mol. The van der Waals surface area contributed by atoms with Crippen molar-refractivity contribution in [2.45, 2.75) is 19.4 Å². The van der Waals surface area contributed by atoms with Crippen molar-refractivity contribution in [1.29, 1.82) is 0 Å². The third-order valence-corrected chi connectivity index (χ3v) is 5.71. The van der Waals surface area contributed by atoms with E-state index < -0.39 is 0 Å². The Morgan fingerprint density at radius 1 is 1.03 bits per heavy atom. The summed E-state index contributed by atoms with van der Waals surface area (Å²) in [6.07, 6.45) is 3.93. The molecule has 0 unspecified atom stereocenters. The van der Waals surface area contributed by atoms with Crippen molar-refractivity contribution in [2.75, 3.05) is 6.54 Å². The molecule has 0 amide bonds. The Morgan fingerprint density at radius 3 is 2.71 bits per heavy atom. The lowest BCUT2D eigenvalue weighted by molar-refractivity contribution is 0.629. The van der Waals surface area contributed by atoms with Crippen LogP contribution in [0.15, 0.2) is 90.0 Å². The molecule has 0 saturated carbocycles. The molecule has 5 heteroatoms. The minimum atomic E-state index is -0.0539. The number of rotatable bonds is 6. The van der Waals surface area contributed by atoms with E-state index in [1.54, 1.807) is 10.5 Å². The van der Waals surface area contributed by atoms with Crippen LogP contribution in [0.4, 0.5) is 0 Å². The van der Waals surface area contributed by atoms with Gasteiger partial charge in [0.1, 0.15) is 5.65 Å². The second kappa shape index (κ2) is 8.20. The summed E-state index contributed by atoms with van der Waals surface area (Å²) in [5, 5.41) is 4.76. The fourth-order valence-electron chi connectivity index (χ4n) is 4.17. The van der Waals surface area contributed by atoms with Crippen LogP contribution in [0.3, 0.4) is 0 Å². The molecule has 0 aliphatic heterocycles. The van der Waals surface area contributed by atoms with E-state index in [0.29, 0.717) is 12.2 Å². The van der Waals surface area contributed by atoms with Gasteiger partial charge in [0.15, 0.2) is 0 Å². The molecule has 5 nitrogen and oxygen atoms in total. The Balaban J connectivity index is 1.41. The highest BCUT2D eigenvalue weighted by Gasteiger charge is 2.18. The number of hydrogen-bond donors (Lipinski definition) is 2. The van der Waals surface area contributed by atoms with Crippen LogP contribution < -0.4 is 10.9 Å². The molecule has 3 aromatic heterocycles. The third-order valence-electron chi connectivity index (χ3n) is 5.71. The van der Waals surface area contributed by atoms with Crippen LogP contribution in [0.1, 0.15) is 28.3 Å². The Bertz CT molecular complexity index is 1400. The van der Waals surface area contributed by atoms with Gasteiger partial charge in [0.2, 0.25) is 0 Å². The predicted molar refractivity (Wildman–Crippen MR) is 124 cm³/mol. The van der Waals surface area contributed by atoms with Crippen LogP contribution >= 0.6 is 0 Å². The van der Waals surface area contributed by atoms with Crippen molar-refractivity contribution in [3.05, 3.63) is 118 Å². The zero-order valence-electron chi connectivity index (χ0n) is 17.4. The van der Waals surface area contributed by atoms with E-state index in [-0.39, 0.29) is 11.5 Å². The molecule has 0 fully saturated rings. The maximum Gasteiger partial charge on any atom is 0.258 e. The van der Waals surface area contributed by atoms with Gasteiger partial charge in [0.25, 0.3) is 5.56 Å². The van der Waals surface area contributed by atoms with Gasteiger partial charge in [-0.25, -0.2) is 4.98 Å². The number of benzene rings is 2. The number of pyridine rings is 1. The first-order valence-corrected chi connectivity index (χ1v) is 10.5. The van der Waals surface area contributed by atoms with Gasteiger partial charge in [-0.2, -0.15) is 0 Å². The fraction of sp³-hybridized carbons (Fsp3) is 0.154. The molecule has 154 valence electrons. The fourth-order valence-corrected chi connectivity index (χ4v) is 4.17. The van der Waals surface area contributed by atoms with E-state index in [1.165, 1.54) is 16.5 Å². The van der Waals surface area contributed by atoms with Gasteiger partial charge in [0.05, 0.1) is 5.69 Å². The largest absolute Gasteiger partial charge is 0.361 e. The smallest absolute Gasteiger partial charge is 0.258 e. The number of nitrogens with zero attached hydrogens (tertiary/aromatic N) is 2. The molecular formula is C26H24N4O. The van der Waals surface area contributed by atoms with E-state index in [9.17, 15) is 4.79 Å². The van der Waals surface area contributed by atoms with Gasteiger partial charge in [0, 0.05) is 48.4 Å². The number of nitrogens with one attached hydrogen (secondary N) is 2. The minimum absolute atomic E-state index is 0.0539. The van der Waals surface area contributed by atoms with E-state index in [4.69, 9.17) is 0 Å². The van der Waals surface area contributed by atoms with Crippen LogP contribution in [-0.2, 0) is 6.54 Å². The molecule has 5 aromatic rings. The van der Waals surface area contributed by atoms with Crippen molar-refractivity contribution in [2.24, 2.45) is 0 Å². The Labute approximate surface area is 180 Å². The summed E-state index contributed by atoms with van der Waals surface area (Å²) in [6.45, 7) is 3.24. The summed E-state index contributed by atoms with van der Waals surface area (Å²) in [6, 6.07) is 24.4. The number of fused-ring (bicyclic) bond motifs is 2. The quantitative estimate of drug-likeness (QED) is 0.438. The summed E-state index contributed by atoms with van der Waals surface area (Å²) in [7, 11) is 0. The first kappa shape index (κ1) is 19.3. The first-order valence-electron chi connectivity index (χ1n) is 10.5. The predicted octanol–water partition coefficient (Wildman–Crippen LogP) is 4.41. The lowest BCUT2D eigenvalue weighted by Gasteiger charge is -2.18. The lowest BCUT2D eigenvalue weighted by Crippen LogP contribution is -2.24. The molecule has 0 saturated heterocycles. The highest BCUT2D eigenvalue weighted by atomic mass is 16.1. The SMILES string of the molecule is Cc1ccc2nc(CNC[C@H](c3ccccc3)c3c[nH]c4ccccc34)cc(=O)n2c1. The van der Waals surface area contributed by atoms with Crippen molar-refractivity contribution in [3.8, 4) is 0 Å². The van der Waals surface area contributed by atoms with E-state index >= 15 is 0 Å². The first-order chi connectivity index (χ1) is 15.2. The van der Waals surface area contributed by atoms with Gasteiger partial charge < -0.3 is 10.3 Å². The zero-order valence-corrected chi connectivity index (χ0v) is 17.4. The van der Waals surface area contributed by atoms with Gasteiger partial charge in [-0.1, -0.05) is 54.6 Å². The molecule has 31 heavy (non-hydrogen) atoms. The molecule has 5 rings (SSSR count). The summed E-state index contributed by atoms with van der Waals surface area (Å²) in [5.41, 5.74) is 6.05. The standard InChI is InChI=1S/C26H24N4O/c1-18-11-12-25-29-20(13-26(31)30(25)17-18)14-27-15-22(19-7-3-2-4-8-19)23-16-28-24-10-6-5-9-21(23)24/h2-13,16-17,22,27-28H,14-15H2,1H3/t22-/m1/s1. The minimum Gasteiger partial charge on any atom is -0.361 e. The normalized spacial score (nSPS) is 12.4. The van der Waals surface area contributed by atoms with Gasteiger partial charge >= 0.3 is 0 Å². The monoisotopic (exact) mass is 408 g/mol. The number of H-pyrrole nitrogens is 1. The summed E-state index contributed by atoms with van der Waals surface area (Å²) < 4.78 is 1.59. The maximum absolute atomic E-state index is 12.5. The van der Waals surface area contributed by atoms with E-state index in [1.807, 2.05) is 37.4 Å². The summed E-state index contributed by atoms with van der Waals surface area (Å²) >= 11 is 0. The average molecular weight is 409 g/mol. The van der Waals surface area contributed by atoms with Gasteiger partial charge in [-0.05, 0) is 35.7 Å². The van der Waals surface area contributed by atoms with Crippen LogP contribution in [0.25, 0.3) is 16.6 Å². The van der Waals surface area contributed by atoms with Crippen LogP contribution in [0.2, 0.25) is 0 Å².